The number of carboxylic acid groups (broad SMARTS) is 1. The third kappa shape index (κ3) is 1.55. The average molecular weight is 308 g/mol. The third-order valence-electron chi connectivity index (χ3n) is 3.17. The van der Waals surface area contributed by atoms with Crippen molar-refractivity contribution in [2.75, 3.05) is 0 Å². The molecule has 1 aromatic carbocycles. The minimum absolute atomic E-state index is 0.0866. The van der Waals surface area contributed by atoms with E-state index in [2.05, 4.69) is 15.9 Å². The molecule has 0 unspecified atom stereocenters. The number of halogens is 3. The van der Waals surface area contributed by atoms with Gasteiger partial charge in [-0.2, -0.15) is 0 Å². The van der Waals surface area contributed by atoms with Gasteiger partial charge in [-0.3, -0.25) is 4.79 Å². The molecular formula is C11H9BrClFO2. The smallest absolute Gasteiger partial charge is 0.314 e. The number of aliphatic carboxylic acids is 1. The fourth-order valence-electron chi connectivity index (χ4n) is 2.02. The highest BCUT2D eigenvalue weighted by Gasteiger charge is 2.47. The fraction of sp³-hybridized carbons (Fsp3) is 0.364. The van der Waals surface area contributed by atoms with E-state index < -0.39 is 17.2 Å². The van der Waals surface area contributed by atoms with Gasteiger partial charge in [0.2, 0.25) is 0 Å². The van der Waals surface area contributed by atoms with Crippen molar-refractivity contribution in [1.29, 1.82) is 0 Å². The van der Waals surface area contributed by atoms with E-state index >= 15 is 0 Å². The summed E-state index contributed by atoms with van der Waals surface area (Å²) in [7, 11) is 0. The van der Waals surface area contributed by atoms with Crippen molar-refractivity contribution >= 4 is 33.5 Å². The summed E-state index contributed by atoms with van der Waals surface area (Å²) in [6, 6.07) is 3.09. The van der Waals surface area contributed by atoms with Crippen LogP contribution in [0.4, 0.5) is 4.39 Å². The van der Waals surface area contributed by atoms with Gasteiger partial charge in [0.15, 0.2) is 5.82 Å². The van der Waals surface area contributed by atoms with Crippen LogP contribution in [0.1, 0.15) is 24.8 Å². The van der Waals surface area contributed by atoms with Crippen molar-refractivity contribution < 1.29 is 14.3 Å². The molecule has 0 heterocycles. The maximum Gasteiger partial charge on any atom is 0.314 e. The van der Waals surface area contributed by atoms with Crippen molar-refractivity contribution in [1.82, 2.24) is 0 Å². The summed E-state index contributed by atoms with van der Waals surface area (Å²) in [6.07, 6.45) is 1.87. The number of carbonyl (C=O) groups is 1. The lowest BCUT2D eigenvalue weighted by Gasteiger charge is -2.38. The van der Waals surface area contributed by atoms with Gasteiger partial charge in [0.1, 0.15) is 0 Å². The standard InChI is InChI=1S/C11H9BrClFO2/c12-7-3-2-6(8(13)9(7)14)11(10(15)16)4-1-5-11/h2-3H,1,4-5H2,(H,15,16). The number of carboxylic acids is 1. The van der Waals surface area contributed by atoms with E-state index in [-0.39, 0.29) is 9.50 Å². The second-order valence-electron chi connectivity index (χ2n) is 3.96. The average Bonchev–Trinajstić information content (AvgIpc) is 2.16. The van der Waals surface area contributed by atoms with Crippen LogP contribution in [0.5, 0.6) is 0 Å². The molecule has 2 nitrogen and oxygen atoms in total. The van der Waals surface area contributed by atoms with Crippen LogP contribution < -0.4 is 0 Å². The maximum atomic E-state index is 13.6. The summed E-state index contributed by atoms with van der Waals surface area (Å²) in [6.45, 7) is 0. The lowest BCUT2D eigenvalue weighted by atomic mass is 9.64. The van der Waals surface area contributed by atoms with E-state index in [0.717, 1.165) is 6.42 Å². The third-order valence-corrected chi connectivity index (χ3v) is 4.15. The van der Waals surface area contributed by atoms with Crippen molar-refractivity contribution in [3.05, 3.63) is 33.0 Å². The molecule has 0 amide bonds. The molecule has 0 bridgehead atoms. The van der Waals surface area contributed by atoms with Crippen molar-refractivity contribution in [2.45, 2.75) is 24.7 Å². The first-order valence-corrected chi connectivity index (χ1v) is 6.03. The zero-order valence-corrected chi connectivity index (χ0v) is 10.6. The van der Waals surface area contributed by atoms with Crippen LogP contribution in [0.25, 0.3) is 0 Å². The second-order valence-corrected chi connectivity index (χ2v) is 5.20. The number of hydrogen-bond donors (Lipinski definition) is 1. The van der Waals surface area contributed by atoms with Gasteiger partial charge in [-0.25, -0.2) is 4.39 Å². The van der Waals surface area contributed by atoms with Gasteiger partial charge < -0.3 is 5.11 Å². The summed E-state index contributed by atoms with van der Waals surface area (Å²) in [5.41, 5.74) is -0.604. The summed E-state index contributed by atoms with van der Waals surface area (Å²) < 4.78 is 13.8. The molecule has 0 saturated heterocycles. The summed E-state index contributed by atoms with van der Waals surface area (Å²) in [5.74, 6) is -1.52. The first-order valence-electron chi connectivity index (χ1n) is 4.86. The van der Waals surface area contributed by atoms with E-state index in [9.17, 15) is 14.3 Å². The van der Waals surface area contributed by atoms with E-state index in [4.69, 9.17) is 11.6 Å². The van der Waals surface area contributed by atoms with Crippen LogP contribution in [-0.4, -0.2) is 11.1 Å². The largest absolute Gasteiger partial charge is 0.481 e. The van der Waals surface area contributed by atoms with Gasteiger partial charge in [-0.1, -0.05) is 24.1 Å². The van der Waals surface area contributed by atoms with E-state index in [1.807, 2.05) is 0 Å². The van der Waals surface area contributed by atoms with Gasteiger partial charge >= 0.3 is 5.97 Å². The SMILES string of the molecule is O=C(O)C1(c2ccc(Br)c(F)c2Cl)CCC1. The molecular weight excluding hydrogens is 298 g/mol. The predicted molar refractivity (Wildman–Crippen MR) is 62.3 cm³/mol. The van der Waals surface area contributed by atoms with Crippen LogP contribution in [-0.2, 0) is 10.2 Å². The minimum Gasteiger partial charge on any atom is -0.481 e. The highest BCUT2D eigenvalue weighted by Crippen LogP contribution is 2.47. The molecule has 1 aromatic rings. The fourth-order valence-corrected chi connectivity index (χ4v) is 2.81. The van der Waals surface area contributed by atoms with Crippen molar-refractivity contribution in [3.8, 4) is 0 Å². The molecule has 1 aliphatic rings. The lowest BCUT2D eigenvalue weighted by molar-refractivity contribution is -0.147. The normalized spacial score (nSPS) is 17.9. The zero-order valence-electron chi connectivity index (χ0n) is 8.27. The molecule has 1 fully saturated rings. The van der Waals surface area contributed by atoms with Crippen molar-refractivity contribution in [3.63, 3.8) is 0 Å². The Morgan fingerprint density at radius 1 is 1.50 bits per heavy atom. The van der Waals surface area contributed by atoms with Crippen LogP contribution >= 0.6 is 27.5 Å². The topological polar surface area (TPSA) is 37.3 Å². The lowest BCUT2D eigenvalue weighted by Crippen LogP contribution is -2.42. The molecule has 5 heteroatoms. The Morgan fingerprint density at radius 2 is 2.12 bits per heavy atom. The Labute approximate surface area is 106 Å². The molecule has 1 aliphatic carbocycles. The van der Waals surface area contributed by atoms with Crippen LogP contribution in [0.3, 0.4) is 0 Å². The van der Waals surface area contributed by atoms with Crippen LogP contribution in [0.2, 0.25) is 5.02 Å². The molecule has 0 spiro atoms. The Balaban J connectivity index is 2.56. The Bertz CT molecular complexity index is 458. The first-order chi connectivity index (χ1) is 7.49. The van der Waals surface area contributed by atoms with Crippen molar-refractivity contribution in [2.24, 2.45) is 0 Å². The summed E-state index contributed by atoms with van der Waals surface area (Å²) in [5, 5.41) is 9.14. The first kappa shape index (κ1) is 11.9. The molecule has 0 aliphatic heterocycles. The Morgan fingerprint density at radius 3 is 2.56 bits per heavy atom. The van der Waals surface area contributed by atoms with Gasteiger partial charge in [0, 0.05) is 0 Å². The van der Waals surface area contributed by atoms with E-state index in [0.29, 0.717) is 18.4 Å². The Kier molecular flexibility index (Phi) is 2.97. The number of rotatable bonds is 2. The highest BCUT2D eigenvalue weighted by atomic mass is 79.9. The molecule has 2 rings (SSSR count). The molecule has 16 heavy (non-hydrogen) atoms. The van der Waals surface area contributed by atoms with Crippen LogP contribution in [0.15, 0.2) is 16.6 Å². The highest BCUT2D eigenvalue weighted by molar-refractivity contribution is 9.10. The second kappa shape index (κ2) is 4.00. The zero-order chi connectivity index (χ0) is 11.9. The van der Waals surface area contributed by atoms with E-state index in [1.165, 1.54) is 6.07 Å². The molecule has 1 N–H and O–H groups in total. The predicted octanol–water partition coefficient (Wildman–Crippen LogP) is 3.75. The van der Waals surface area contributed by atoms with Crippen LogP contribution in [0, 0.1) is 5.82 Å². The van der Waals surface area contributed by atoms with E-state index in [1.54, 1.807) is 6.07 Å². The molecule has 0 aromatic heterocycles. The summed E-state index contributed by atoms with van der Waals surface area (Å²) in [4.78, 5) is 11.3. The van der Waals surface area contributed by atoms with Gasteiger partial charge in [0.25, 0.3) is 0 Å². The molecule has 1 saturated carbocycles. The molecule has 0 radical (unpaired) electrons. The number of hydrogen-bond acceptors (Lipinski definition) is 1. The minimum atomic E-state index is -0.987. The van der Waals surface area contributed by atoms with Gasteiger partial charge in [-0.05, 0) is 40.4 Å². The van der Waals surface area contributed by atoms with Gasteiger partial charge in [-0.15, -0.1) is 0 Å². The van der Waals surface area contributed by atoms with Gasteiger partial charge in [0.05, 0.1) is 14.9 Å². The summed E-state index contributed by atoms with van der Waals surface area (Å²) >= 11 is 8.89. The number of benzene rings is 1. The molecule has 0 atom stereocenters. The maximum absolute atomic E-state index is 13.6. The Hall–Kier alpha value is -0.610. The monoisotopic (exact) mass is 306 g/mol. The quantitative estimate of drug-likeness (QED) is 0.845. The molecule has 86 valence electrons.